The van der Waals surface area contributed by atoms with Gasteiger partial charge >= 0.3 is 6.18 Å². The van der Waals surface area contributed by atoms with Gasteiger partial charge in [-0.1, -0.05) is 31.4 Å². The van der Waals surface area contributed by atoms with Crippen LogP contribution in [0.25, 0.3) is 0 Å². The van der Waals surface area contributed by atoms with Gasteiger partial charge in [-0.2, -0.15) is 13.2 Å². The van der Waals surface area contributed by atoms with Crippen LogP contribution in [-0.4, -0.2) is 75.4 Å². The van der Waals surface area contributed by atoms with Crippen LogP contribution in [0.15, 0.2) is 21.6 Å². The first-order valence-electron chi connectivity index (χ1n) is 10.7. The maximum absolute atomic E-state index is 13.5. The number of aliphatic imine (C=N–C) groups is 2. The van der Waals surface area contributed by atoms with Crippen LogP contribution in [0.2, 0.25) is 0 Å². The summed E-state index contributed by atoms with van der Waals surface area (Å²) in [4.78, 5) is 10.5. The third-order valence-corrected chi connectivity index (χ3v) is 5.43. The van der Waals surface area contributed by atoms with Crippen molar-refractivity contribution in [2.24, 2.45) is 15.9 Å². The number of nitrogens with one attached hydrogen (secondary N) is 2. The first-order valence-corrected chi connectivity index (χ1v) is 10.7. The molecule has 0 amide bonds. The van der Waals surface area contributed by atoms with Gasteiger partial charge in [-0.3, -0.25) is 10.3 Å². The van der Waals surface area contributed by atoms with Gasteiger partial charge in [0, 0.05) is 32.0 Å². The van der Waals surface area contributed by atoms with Gasteiger partial charge in [0.1, 0.15) is 11.8 Å². The van der Waals surface area contributed by atoms with Crippen LogP contribution in [-0.2, 0) is 4.74 Å². The highest BCUT2D eigenvalue weighted by molar-refractivity contribution is 5.99. The van der Waals surface area contributed by atoms with Crippen molar-refractivity contribution < 1.29 is 17.9 Å². The molecule has 0 fully saturated rings. The van der Waals surface area contributed by atoms with Crippen molar-refractivity contribution in [1.82, 2.24) is 15.5 Å². The third kappa shape index (κ3) is 7.35. The van der Waals surface area contributed by atoms with E-state index in [-0.39, 0.29) is 24.0 Å². The molecule has 0 aromatic carbocycles. The largest absolute Gasteiger partial charge is 0.403 e. The Balaban J connectivity index is 2.10. The van der Waals surface area contributed by atoms with E-state index in [4.69, 9.17) is 4.74 Å². The van der Waals surface area contributed by atoms with Gasteiger partial charge in [-0.05, 0) is 40.3 Å². The third-order valence-electron chi connectivity index (χ3n) is 5.43. The van der Waals surface area contributed by atoms with E-state index in [2.05, 4.69) is 38.5 Å². The maximum atomic E-state index is 13.5. The van der Waals surface area contributed by atoms with Crippen molar-refractivity contribution in [3.05, 3.63) is 11.6 Å². The number of ether oxygens (including phenoxy) is 1. The highest BCUT2D eigenvalue weighted by atomic mass is 19.4. The van der Waals surface area contributed by atoms with Gasteiger partial charge in [0.2, 0.25) is 0 Å². The summed E-state index contributed by atoms with van der Waals surface area (Å²) in [6.07, 6.45) is 2.14. The minimum absolute atomic E-state index is 0.0620. The first kappa shape index (κ1) is 24.8. The quantitative estimate of drug-likeness (QED) is 0.550. The minimum Gasteiger partial charge on any atom is -0.379 e. The fourth-order valence-corrected chi connectivity index (χ4v) is 3.84. The van der Waals surface area contributed by atoms with Crippen molar-refractivity contribution in [3.63, 3.8) is 0 Å². The molecule has 0 spiro atoms. The number of alkyl halides is 3. The van der Waals surface area contributed by atoms with Crippen LogP contribution in [0.5, 0.6) is 0 Å². The average Bonchev–Trinajstić information content (AvgIpc) is 2.66. The average molecular weight is 432 g/mol. The van der Waals surface area contributed by atoms with E-state index in [9.17, 15) is 13.2 Å². The molecule has 0 saturated heterocycles. The Hall–Kier alpha value is -1.45. The number of hydrogen-bond donors (Lipinski definition) is 2. The number of amidine groups is 1. The lowest BCUT2D eigenvalue weighted by Gasteiger charge is -2.34. The Bertz CT molecular complexity index is 633. The highest BCUT2D eigenvalue weighted by Gasteiger charge is 2.44. The molecule has 0 aromatic rings. The smallest absolute Gasteiger partial charge is 0.379 e. The molecule has 6 nitrogen and oxygen atoms in total. The second-order valence-electron chi connectivity index (χ2n) is 8.48. The van der Waals surface area contributed by atoms with Gasteiger partial charge in [0.05, 0.1) is 6.10 Å². The lowest BCUT2D eigenvalue weighted by Crippen LogP contribution is -2.51. The normalized spacial score (nSPS) is 28.3. The molecule has 5 unspecified atom stereocenters. The number of rotatable bonds is 9. The molecule has 172 valence electrons. The number of hydrogen-bond acceptors (Lipinski definition) is 6. The molecule has 5 atom stereocenters. The fourth-order valence-electron chi connectivity index (χ4n) is 3.84. The lowest BCUT2D eigenvalue weighted by atomic mass is 9.92. The molecule has 30 heavy (non-hydrogen) atoms. The van der Waals surface area contributed by atoms with Crippen molar-refractivity contribution in [3.8, 4) is 0 Å². The zero-order valence-electron chi connectivity index (χ0n) is 18.7. The van der Waals surface area contributed by atoms with E-state index in [1.807, 2.05) is 21.0 Å². The SMILES string of the molecule is CCCCC(C)NC1=NC(NC2CC=C(CN(C)C)CC2OC)N=CC1C(F)(F)F. The molecule has 0 aromatic heterocycles. The fraction of sp³-hybridized carbons (Fsp3) is 0.810. The lowest BCUT2D eigenvalue weighted by molar-refractivity contribution is -0.139. The molecule has 0 radical (unpaired) electrons. The maximum Gasteiger partial charge on any atom is 0.403 e. The Labute approximate surface area is 178 Å². The van der Waals surface area contributed by atoms with E-state index in [1.165, 1.54) is 5.57 Å². The van der Waals surface area contributed by atoms with Gasteiger partial charge in [-0.15, -0.1) is 0 Å². The molecule has 1 heterocycles. The van der Waals surface area contributed by atoms with Gasteiger partial charge in [0.25, 0.3) is 0 Å². The summed E-state index contributed by atoms with van der Waals surface area (Å²) in [6, 6.07) is -0.147. The molecule has 0 saturated carbocycles. The van der Waals surface area contributed by atoms with E-state index >= 15 is 0 Å². The van der Waals surface area contributed by atoms with Gasteiger partial charge in [0.15, 0.2) is 6.29 Å². The molecular formula is C21H36F3N5O. The summed E-state index contributed by atoms with van der Waals surface area (Å²) in [5.41, 5.74) is 1.30. The van der Waals surface area contributed by atoms with Crippen LogP contribution in [0, 0.1) is 5.92 Å². The zero-order valence-corrected chi connectivity index (χ0v) is 18.7. The summed E-state index contributed by atoms with van der Waals surface area (Å²) in [7, 11) is 5.70. The predicted octanol–water partition coefficient (Wildman–Crippen LogP) is 3.35. The summed E-state index contributed by atoms with van der Waals surface area (Å²) in [6.45, 7) is 4.81. The van der Waals surface area contributed by atoms with Crippen LogP contribution in [0.3, 0.4) is 0 Å². The summed E-state index contributed by atoms with van der Waals surface area (Å²) < 4.78 is 46.1. The zero-order chi connectivity index (χ0) is 22.3. The standard InChI is InChI=1S/C21H36F3N5O/c1-6-7-8-14(2)26-19-16(21(22,23)24)12-25-20(28-19)27-17-10-9-15(13-29(3)4)11-18(17)30-5/h9,12,14,16-18,20,27H,6-8,10-11,13H2,1-5H3,(H,26,28). The number of halogens is 3. The molecular weight excluding hydrogens is 395 g/mol. The number of methoxy groups -OCH3 is 1. The monoisotopic (exact) mass is 431 g/mol. The second kappa shape index (κ2) is 11.2. The summed E-state index contributed by atoms with van der Waals surface area (Å²) >= 11 is 0. The van der Waals surface area contributed by atoms with Crippen LogP contribution >= 0.6 is 0 Å². The number of likely N-dealkylation sites (N-methyl/N-ethyl adjacent to an activating group) is 1. The van der Waals surface area contributed by atoms with E-state index in [0.717, 1.165) is 44.9 Å². The molecule has 2 aliphatic rings. The molecule has 0 bridgehead atoms. The van der Waals surface area contributed by atoms with Crippen molar-refractivity contribution in [2.75, 3.05) is 27.7 Å². The molecule has 1 aliphatic carbocycles. The molecule has 2 N–H and O–H groups in total. The van der Waals surface area contributed by atoms with Gasteiger partial charge in [-0.25, -0.2) is 4.99 Å². The van der Waals surface area contributed by atoms with Crippen LogP contribution in [0.4, 0.5) is 13.2 Å². The van der Waals surface area contributed by atoms with Crippen molar-refractivity contribution in [2.45, 2.75) is 76.6 Å². The Morgan fingerprint density at radius 1 is 1.33 bits per heavy atom. The Morgan fingerprint density at radius 2 is 2.07 bits per heavy atom. The first-order chi connectivity index (χ1) is 14.1. The Kier molecular flexibility index (Phi) is 9.31. The second-order valence-corrected chi connectivity index (χ2v) is 8.48. The predicted molar refractivity (Wildman–Crippen MR) is 115 cm³/mol. The molecule has 2 rings (SSSR count). The Morgan fingerprint density at radius 3 is 2.67 bits per heavy atom. The van der Waals surface area contributed by atoms with E-state index in [1.54, 1.807) is 7.11 Å². The van der Waals surface area contributed by atoms with Crippen molar-refractivity contribution >= 4 is 12.1 Å². The van der Waals surface area contributed by atoms with Crippen LogP contribution in [0.1, 0.15) is 46.0 Å². The summed E-state index contributed by atoms with van der Waals surface area (Å²) in [5.74, 6) is -1.86. The molecule has 1 aliphatic heterocycles. The van der Waals surface area contributed by atoms with E-state index < -0.39 is 18.4 Å². The van der Waals surface area contributed by atoms with Crippen molar-refractivity contribution in [1.29, 1.82) is 0 Å². The number of nitrogens with zero attached hydrogens (tertiary/aromatic N) is 3. The molecule has 9 heteroatoms. The van der Waals surface area contributed by atoms with Gasteiger partial charge < -0.3 is 15.0 Å². The highest BCUT2D eigenvalue weighted by Crippen LogP contribution is 2.29. The minimum atomic E-state index is -4.42. The summed E-state index contributed by atoms with van der Waals surface area (Å²) in [5, 5.41) is 6.26. The van der Waals surface area contributed by atoms with E-state index in [0.29, 0.717) is 0 Å². The number of unbranched alkanes of at least 4 members (excludes halogenated alkanes) is 1. The topological polar surface area (TPSA) is 61.2 Å². The van der Waals surface area contributed by atoms with Crippen LogP contribution < -0.4 is 10.6 Å².